The molecular formula is C31H30ClF2N3O5S. The van der Waals surface area contributed by atoms with Gasteiger partial charge >= 0.3 is 5.97 Å². The number of benzene rings is 3. The zero-order chi connectivity index (χ0) is 31.1. The highest BCUT2D eigenvalue weighted by Gasteiger charge is 2.49. The average molecular weight is 630 g/mol. The van der Waals surface area contributed by atoms with Crippen molar-refractivity contribution in [2.75, 3.05) is 25.9 Å². The number of amides is 1. The number of hydrogen-bond acceptors (Lipinski definition) is 7. The number of piperidine rings is 1. The third-order valence-corrected chi connectivity index (χ3v) is 9.22. The molecule has 43 heavy (non-hydrogen) atoms. The molecule has 1 unspecified atom stereocenters. The zero-order valence-electron chi connectivity index (χ0n) is 23.5. The van der Waals surface area contributed by atoms with Gasteiger partial charge in [-0.15, -0.1) is 0 Å². The molecule has 1 amide bonds. The highest BCUT2D eigenvalue weighted by atomic mass is 35.5. The number of rotatable bonds is 7. The number of sulfone groups is 1. The molecule has 2 aliphatic heterocycles. The van der Waals surface area contributed by atoms with Crippen molar-refractivity contribution in [1.82, 2.24) is 10.2 Å². The Bertz CT molecular complexity index is 1780. The van der Waals surface area contributed by atoms with Gasteiger partial charge in [0.25, 0.3) is 0 Å². The Morgan fingerprint density at radius 1 is 1.14 bits per heavy atom. The molecule has 0 bridgehead atoms. The first-order valence-corrected chi connectivity index (χ1v) is 15.8. The van der Waals surface area contributed by atoms with Crippen LogP contribution in [0.5, 0.6) is 0 Å². The van der Waals surface area contributed by atoms with Gasteiger partial charge in [0.2, 0.25) is 5.91 Å². The summed E-state index contributed by atoms with van der Waals surface area (Å²) in [5.74, 6) is -2.41. The van der Waals surface area contributed by atoms with Gasteiger partial charge in [-0.2, -0.15) is 0 Å². The number of nitrogens with zero attached hydrogens (tertiary/aromatic N) is 1. The largest absolute Gasteiger partial charge is 0.448 e. The quantitative estimate of drug-likeness (QED) is 0.373. The van der Waals surface area contributed by atoms with Gasteiger partial charge in [-0.1, -0.05) is 29.8 Å². The van der Waals surface area contributed by atoms with Crippen LogP contribution in [0.4, 0.5) is 8.78 Å². The summed E-state index contributed by atoms with van der Waals surface area (Å²) in [6, 6.07) is 13.0. The van der Waals surface area contributed by atoms with Crippen LogP contribution in [0, 0.1) is 18.6 Å². The minimum atomic E-state index is -3.42. The molecule has 1 fully saturated rings. The van der Waals surface area contributed by atoms with Gasteiger partial charge in [-0.3, -0.25) is 9.69 Å². The van der Waals surface area contributed by atoms with E-state index in [-0.39, 0.29) is 47.3 Å². The predicted octanol–water partition coefficient (Wildman–Crippen LogP) is 4.37. The summed E-state index contributed by atoms with van der Waals surface area (Å²) in [7, 11) is -3.42. The molecule has 0 saturated carbocycles. The molecule has 5 rings (SSSR count). The minimum Gasteiger partial charge on any atom is -0.448 e. The standard InChI is InChI=1S/C31H30ClF2N3O5S/c1-18-11-24(19-5-3-6-22(12-19)43(2,40)41)25(32)14-23(18)28-29(35)31(42-30(28)39)9-4-10-37(17-31)16-27(38)36-15-20-7-8-21(33)13-26(20)34/h3,5-8,11-14H,4,9-10,15-17,35H2,1-2H3,(H,36,38). The lowest BCUT2D eigenvalue weighted by molar-refractivity contribution is -0.149. The lowest BCUT2D eigenvalue weighted by Gasteiger charge is -2.39. The lowest BCUT2D eigenvalue weighted by atomic mass is 9.86. The highest BCUT2D eigenvalue weighted by molar-refractivity contribution is 7.90. The molecular weight excluding hydrogens is 600 g/mol. The van der Waals surface area contributed by atoms with Crippen LogP contribution in [0.1, 0.15) is 29.5 Å². The third kappa shape index (κ3) is 6.29. The van der Waals surface area contributed by atoms with Crippen LogP contribution in [0.15, 0.2) is 65.2 Å². The maximum Gasteiger partial charge on any atom is 0.341 e. The van der Waals surface area contributed by atoms with Crippen molar-refractivity contribution in [2.45, 2.75) is 36.8 Å². The molecule has 12 heteroatoms. The molecule has 3 N–H and O–H groups in total. The van der Waals surface area contributed by atoms with Gasteiger partial charge in [0, 0.05) is 41.6 Å². The van der Waals surface area contributed by atoms with E-state index in [1.807, 2.05) is 4.90 Å². The number of nitrogens with one attached hydrogen (secondary N) is 1. The number of halogens is 3. The van der Waals surface area contributed by atoms with Crippen LogP contribution >= 0.6 is 11.6 Å². The van der Waals surface area contributed by atoms with Crippen molar-refractivity contribution in [2.24, 2.45) is 5.73 Å². The summed E-state index contributed by atoms with van der Waals surface area (Å²) >= 11 is 6.67. The number of carbonyl (C=O) groups is 2. The van der Waals surface area contributed by atoms with E-state index in [0.29, 0.717) is 46.7 Å². The Labute approximate surface area is 253 Å². The predicted molar refractivity (Wildman–Crippen MR) is 159 cm³/mol. The second-order valence-electron chi connectivity index (χ2n) is 10.9. The number of likely N-dealkylation sites (tertiary alicyclic amines) is 1. The summed E-state index contributed by atoms with van der Waals surface area (Å²) < 4.78 is 57.1. The molecule has 2 heterocycles. The van der Waals surface area contributed by atoms with Crippen LogP contribution < -0.4 is 11.1 Å². The first-order valence-electron chi connectivity index (χ1n) is 13.5. The molecule has 3 aromatic rings. The van der Waals surface area contributed by atoms with Gasteiger partial charge in [0.1, 0.15) is 11.6 Å². The Hall–Kier alpha value is -3.80. The smallest absolute Gasteiger partial charge is 0.341 e. The molecule has 226 valence electrons. The van der Waals surface area contributed by atoms with E-state index in [4.69, 9.17) is 22.1 Å². The number of esters is 1. The second-order valence-corrected chi connectivity index (χ2v) is 13.4. The molecule has 0 aromatic heterocycles. The van der Waals surface area contributed by atoms with E-state index >= 15 is 0 Å². The molecule has 1 spiro atoms. The Morgan fingerprint density at radius 2 is 1.91 bits per heavy atom. The number of nitrogens with two attached hydrogens (primary N) is 1. The van der Waals surface area contributed by atoms with Gasteiger partial charge in [-0.05, 0) is 73.3 Å². The maximum absolute atomic E-state index is 13.9. The van der Waals surface area contributed by atoms with Crippen molar-refractivity contribution in [1.29, 1.82) is 0 Å². The van der Waals surface area contributed by atoms with Crippen molar-refractivity contribution in [3.8, 4) is 11.1 Å². The fraction of sp³-hybridized carbons (Fsp3) is 0.290. The van der Waals surface area contributed by atoms with E-state index in [0.717, 1.165) is 18.4 Å². The van der Waals surface area contributed by atoms with Gasteiger partial charge in [0.15, 0.2) is 15.4 Å². The average Bonchev–Trinajstić information content (AvgIpc) is 3.16. The highest BCUT2D eigenvalue weighted by Crippen LogP contribution is 2.43. The van der Waals surface area contributed by atoms with Crippen LogP contribution in [-0.2, 0) is 30.7 Å². The molecule has 1 saturated heterocycles. The minimum absolute atomic E-state index is 0.0309. The Morgan fingerprint density at radius 3 is 2.63 bits per heavy atom. The molecule has 3 aromatic carbocycles. The van der Waals surface area contributed by atoms with Gasteiger partial charge in [-0.25, -0.2) is 22.0 Å². The Balaban J connectivity index is 1.36. The van der Waals surface area contributed by atoms with E-state index in [9.17, 15) is 26.8 Å². The zero-order valence-corrected chi connectivity index (χ0v) is 25.1. The van der Waals surface area contributed by atoms with E-state index < -0.39 is 33.0 Å². The van der Waals surface area contributed by atoms with Crippen LogP contribution in [-0.4, -0.2) is 56.7 Å². The summed E-state index contributed by atoms with van der Waals surface area (Å²) in [6.45, 7) is 2.42. The molecule has 0 radical (unpaired) electrons. The van der Waals surface area contributed by atoms with E-state index in [1.54, 1.807) is 37.3 Å². The summed E-state index contributed by atoms with van der Waals surface area (Å²) in [5, 5.41) is 2.95. The lowest BCUT2D eigenvalue weighted by Crippen LogP contribution is -2.53. The van der Waals surface area contributed by atoms with Crippen LogP contribution in [0.25, 0.3) is 16.7 Å². The molecule has 8 nitrogen and oxygen atoms in total. The van der Waals surface area contributed by atoms with Crippen molar-refractivity contribution in [3.05, 3.63) is 93.6 Å². The molecule has 1 atom stereocenters. The first-order chi connectivity index (χ1) is 20.3. The van der Waals surface area contributed by atoms with Crippen LogP contribution in [0.3, 0.4) is 0 Å². The van der Waals surface area contributed by atoms with Crippen molar-refractivity contribution < 1.29 is 31.5 Å². The fourth-order valence-electron chi connectivity index (χ4n) is 5.61. The van der Waals surface area contributed by atoms with Crippen molar-refractivity contribution in [3.63, 3.8) is 0 Å². The number of ether oxygens (including phenoxy) is 1. The fourth-order valence-corrected chi connectivity index (χ4v) is 6.55. The first kappa shape index (κ1) is 30.7. The maximum atomic E-state index is 13.9. The topological polar surface area (TPSA) is 119 Å². The third-order valence-electron chi connectivity index (χ3n) is 7.80. The molecule has 2 aliphatic rings. The monoisotopic (exact) mass is 629 g/mol. The van der Waals surface area contributed by atoms with E-state index in [1.165, 1.54) is 12.1 Å². The van der Waals surface area contributed by atoms with E-state index in [2.05, 4.69) is 5.32 Å². The normalized spacial score (nSPS) is 19.1. The number of hydrogen-bond donors (Lipinski definition) is 2. The van der Waals surface area contributed by atoms with Crippen LogP contribution in [0.2, 0.25) is 5.02 Å². The summed E-state index contributed by atoms with van der Waals surface area (Å²) in [4.78, 5) is 27.9. The second kappa shape index (κ2) is 11.7. The van der Waals surface area contributed by atoms with Gasteiger partial charge in [0.05, 0.1) is 22.7 Å². The summed E-state index contributed by atoms with van der Waals surface area (Å²) in [6.07, 6.45) is 2.21. The van der Waals surface area contributed by atoms with Gasteiger partial charge < -0.3 is 15.8 Å². The summed E-state index contributed by atoms with van der Waals surface area (Å²) in [5.41, 5.74) is 8.52. The Kier molecular flexibility index (Phi) is 8.34. The molecule has 0 aliphatic carbocycles. The number of aryl methyl sites for hydroxylation is 1. The SMILES string of the molecule is Cc1cc(-c2cccc(S(C)(=O)=O)c2)c(Cl)cc1C1=C(N)C2(CCCN(CC(=O)NCc3ccc(F)cc3F)C2)OC1=O. The number of carbonyl (C=O) groups excluding carboxylic acids is 2. The van der Waals surface area contributed by atoms with Crippen molar-refractivity contribution >= 4 is 38.9 Å².